The number of hydrogen-bond acceptors (Lipinski definition) is 5. The third-order valence-electron chi connectivity index (χ3n) is 8.02. The minimum atomic E-state index is 0.712. The number of ether oxygens (including phenoxy) is 1. The van der Waals surface area contributed by atoms with E-state index >= 15 is 0 Å². The van der Waals surface area contributed by atoms with Crippen LogP contribution < -0.4 is 0 Å². The van der Waals surface area contributed by atoms with Gasteiger partial charge in [0.2, 0.25) is 0 Å². The molecular weight excluding hydrogens is 460 g/mol. The van der Waals surface area contributed by atoms with E-state index in [9.17, 15) is 0 Å². The van der Waals surface area contributed by atoms with Gasteiger partial charge in [-0.25, -0.2) is 0 Å². The van der Waals surface area contributed by atoms with Gasteiger partial charge in [0.05, 0.1) is 11.2 Å². The van der Waals surface area contributed by atoms with Gasteiger partial charge >= 0.3 is 0 Å². The van der Waals surface area contributed by atoms with Gasteiger partial charge in [0.1, 0.15) is 5.69 Å². The second kappa shape index (κ2) is 9.74. The number of fused-ring (bicyclic) bond motifs is 2. The Kier molecular flexibility index (Phi) is 5.97. The summed E-state index contributed by atoms with van der Waals surface area (Å²) in [7, 11) is 0. The lowest BCUT2D eigenvalue weighted by Gasteiger charge is -2.40. The van der Waals surface area contributed by atoms with Crippen LogP contribution in [0.4, 0.5) is 0 Å². The molecule has 2 saturated heterocycles. The average Bonchev–Trinajstić information content (AvgIpc) is 3.58. The predicted octanol–water partition coefficient (Wildman–Crippen LogP) is 5.07. The van der Waals surface area contributed by atoms with Crippen molar-refractivity contribution >= 4 is 21.8 Å². The highest BCUT2D eigenvalue weighted by molar-refractivity contribution is 5.97. The summed E-state index contributed by atoms with van der Waals surface area (Å²) < 4.78 is 5.55. The zero-order valence-electron chi connectivity index (χ0n) is 21.0. The third-order valence-corrected chi connectivity index (χ3v) is 8.02. The van der Waals surface area contributed by atoms with E-state index in [1.54, 1.807) is 6.20 Å². The molecule has 5 aromatic rings. The average molecular weight is 493 g/mol. The Hall–Kier alpha value is -3.52. The molecule has 0 unspecified atom stereocenters. The predicted molar refractivity (Wildman–Crippen MR) is 147 cm³/mol. The zero-order chi connectivity index (χ0) is 24.6. The third kappa shape index (κ3) is 4.55. The molecule has 7 heteroatoms. The van der Waals surface area contributed by atoms with Gasteiger partial charge in [-0.05, 0) is 60.4 Å². The van der Waals surface area contributed by atoms with Crippen molar-refractivity contribution in [2.24, 2.45) is 0 Å². The van der Waals surface area contributed by atoms with Gasteiger partial charge in [0.25, 0.3) is 0 Å². The standard InChI is InChI=1S/C30H32N6O/c1-2-23(19-31-9-1)22-4-6-28-26(17-22)30(34-33-28)29-18-24-16-21(3-5-27(24)32-29)20-35-10-12-36(13-11-35)25-7-14-37-15-8-25/h1-6,9,16-19,25,32H,7-8,10-15,20H2,(H,33,34). The summed E-state index contributed by atoms with van der Waals surface area (Å²) in [6, 6.07) is 20.2. The molecule has 5 heterocycles. The molecule has 2 aliphatic rings. The van der Waals surface area contributed by atoms with Crippen molar-refractivity contribution in [2.75, 3.05) is 39.4 Å². The number of pyridine rings is 1. The summed E-state index contributed by atoms with van der Waals surface area (Å²) >= 11 is 0. The van der Waals surface area contributed by atoms with Crippen LogP contribution in [-0.2, 0) is 11.3 Å². The van der Waals surface area contributed by atoms with E-state index in [-0.39, 0.29) is 0 Å². The van der Waals surface area contributed by atoms with E-state index in [2.05, 4.69) is 78.5 Å². The molecule has 37 heavy (non-hydrogen) atoms. The van der Waals surface area contributed by atoms with Crippen LogP contribution in [0.3, 0.4) is 0 Å². The number of H-pyrrole nitrogens is 2. The van der Waals surface area contributed by atoms with Crippen LogP contribution in [-0.4, -0.2) is 75.4 Å². The van der Waals surface area contributed by atoms with Crippen LogP contribution >= 0.6 is 0 Å². The van der Waals surface area contributed by atoms with Gasteiger partial charge in [0.15, 0.2) is 0 Å². The van der Waals surface area contributed by atoms with E-state index in [0.717, 1.165) is 84.9 Å². The maximum atomic E-state index is 5.55. The fourth-order valence-electron chi connectivity index (χ4n) is 5.94. The molecule has 2 aliphatic heterocycles. The Morgan fingerprint density at radius 3 is 2.59 bits per heavy atom. The number of aromatic nitrogens is 4. The highest BCUT2D eigenvalue weighted by Gasteiger charge is 2.25. The molecule has 0 bridgehead atoms. The zero-order valence-corrected chi connectivity index (χ0v) is 21.0. The summed E-state index contributed by atoms with van der Waals surface area (Å²) in [5.74, 6) is 0. The van der Waals surface area contributed by atoms with Crippen LogP contribution in [0, 0.1) is 0 Å². The normalized spacial score (nSPS) is 18.2. The Labute approximate surface area is 216 Å². The molecule has 3 aromatic heterocycles. The van der Waals surface area contributed by atoms with Gasteiger partial charge in [0, 0.05) is 86.2 Å². The minimum absolute atomic E-state index is 0.712. The maximum absolute atomic E-state index is 5.55. The van der Waals surface area contributed by atoms with E-state index in [0.29, 0.717) is 6.04 Å². The molecule has 7 rings (SSSR count). The van der Waals surface area contributed by atoms with E-state index in [1.807, 2.05) is 12.3 Å². The van der Waals surface area contributed by atoms with E-state index in [1.165, 1.54) is 23.8 Å². The summed E-state index contributed by atoms with van der Waals surface area (Å²) in [5, 5.41) is 10.2. The van der Waals surface area contributed by atoms with Crippen molar-refractivity contribution in [1.29, 1.82) is 0 Å². The first kappa shape index (κ1) is 22.7. The van der Waals surface area contributed by atoms with Gasteiger partial charge < -0.3 is 9.72 Å². The minimum Gasteiger partial charge on any atom is -0.381 e. The molecule has 0 atom stereocenters. The van der Waals surface area contributed by atoms with Crippen molar-refractivity contribution in [3.05, 3.63) is 72.6 Å². The van der Waals surface area contributed by atoms with Crippen molar-refractivity contribution in [2.45, 2.75) is 25.4 Å². The Morgan fingerprint density at radius 2 is 1.76 bits per heavy atom. The molecule has 2 aromatic carbocycles. The van der Waals surface area contributed by atoms with Crippen LogP contribution in [0.1, 0.15) is 18.4 Å². The van der Waals surface area contributed by atoms with E-state index in [4.69, 9.17) is 4.74 Å². The molecule has 2 N–H and O–H groups in total. The quantitative estimate of drug-likeness (QED) is 0.358. The lowest BCUT2D eigenvalue weighted by molar-refractivity contribution is 0.0126. The number of piperazine rings is 1. The second-order valence-electron chi connectivity index (χ2n) is 10.3. The van der Waals surface area contributed by atoms with Crippen LogP contribution in [0.15, 0.2) is 67.0 Å². The van der Waals surface area contributed by atoms with Crippen molar-refractivity contribution < 1.29 is 4.74 Å². The summed E-state index contributed by atoms with van der Waals surface area (Å²) in [4.78, 5) is 13.1. The number of rotatable bonds is 5. The van der Waals surface area contributed by atoms with Gasteiger partial charge in [-0.2, -0.15) is 5.10 Å². The second-order valence-corrected chi connectivity index (χ2v) is 10.3. The molecule has 0 spiro atoms. The number of benzene rings is 2. The monoisotopic (exact) mass is 492 g/mol. The Morgan fingerprint density at radius 1 is 0.892 bits per heavy atom. The number of hydrogen-bond donors (Lipinski definition) is 2. The van der Waals surface area contributed by atoms with Crippen molar-refractivity contribution in [1.82, 2.24) is 30.0 Å². The molecule has 7 nitrogen and oxygen atoms in total. The number of nitrogens with zero attached hydrogens (tertiary/aromatic N) is 4. The van der Waals surface area contributed by atoms with Crippen LogP contribution in [0.5, 0.6) is 0 Å². The fourth-order valence-corrected chi connectivity index (χ4v) is 5.94. The number of nitrogens with one attached hydrogen (secondary N) is 2. The summed E-state index contributed by atoms with van der Waals surface area (Å²) in [5.41, 5.74) is 7.76. The summed E-state index contributed by atoms with van der Waals surface area (Å²) in [6.45, 7) is 7.42. The lowest BCUT2D eigenvalue weighted by Crippen LogP contribution is -2.51. The lowest BCUT2D eigenvalue weighted by atomic mass is 10.0. The molecule has 0 radical (unpaired) electrons. The van der Waals surface area contributed by atoms with Crippen LogP contribution in [0.2, 0.25) is 0 Å². The number of aromatic amines is 2. The molecule has 0 aliphatic carbocycles. The molecule has 0 amide bonds. The highest BCUT2D eigenvalue weighted by Crippen LogP contribution is 2.32. The molecule has 2 fully saturated rings. The topological polar surface area (TPSA) is 73.1 Å². The van der Waals surface area contributed by atoms with Gasteiger partial charge in [-0.1, -0.05) is 18.2 Å². The first-order valence-electron chi connectivity index (χ1n) is 13.3. The van der Waals surface area contributed by atoms with Gasteiger partial charge in [-0.15, -0.1) is 0 Å². The maximum Gasteiger partial charge on any atom is 0.116 e. The van der Waals surface area contributed by atoms with Gasteiger partial charge in [-0.3, -0.25) is 19.9 Å². The summed E-state index contributed by atoms with van der Waals surface area (Å²) in [6.07, 6.45) is 6.07. The highest BCUT2D eigenvalue weighted by atomic mass is 16.5. The van der Waals surface area contributed by atoms with E-state index < -0.39 is 0 Å². The first-order valence-corrected chi connectivity index (χ1v) is 13.3. The first-order chi connectivity index (χ1) is 18.3. The Balaban J connectivity index is 1.09. The SMILES string of the molecule is c1cncc(-c2ccc3[nH]nc(-c4cc5cc(CN6CCN(C7CCOCC7)CC6)ccc5[nH]4)c3c2)c1. The largest absolute Gasteiger partial charge is 0.381 e. The van der Waals surface area contributed by atoms with Crippen molar-refractivity contribution in [3.63, 3.8) is 0 Å². The molecule has 188 valence electrons. The van der Waals surface area contributed by atoms with Crippen LogP contribution in [0.25, 0.3) is 44.3 Å². The molecule has 0 saturated carbocycles. The molecular formula is C30H32N6O. The smallest absolute Gasteiger partial charge is 0.116 e. The van der Waals surface area contributed by atoms with Crippen molar-refractivity contribution in [3.8, 4) is 22.5 Å². The Bertz CT molecular complexity index is 1510. The fraction of sp³-hybridized carbons (Fsp3) is 0.333.